The molecule has 2 N–H and O–H groups in total. The molecule has 0 fully saturated rings. The summed E-state index contributed by atoms with van der Waals surface area (Å²) in [4.78, 5) is 8.23. The third-order valence-corrected chi connectivity index (χ3v) is 4.99. The number of hydrogen-bond donors (Lipinski definition) is 2. The average Bonchev–Trinajstić information content (AvgIpc) is 2.44. The molecule has 0 amide bonds. The Balaban J connectivity index is 2.08. The summed E-state index contributed by atoms with van der Waals surface area (Å²) < 4.78 is 45.3. The van der Waals surface area contributed by atoms with Gasteiger partial charge in [0, 0.05) is 5.75 Å². The van der Waals surface area contributed by atoms with Crippen LogP contribution in [-0.4, -0.2) is 38.7 Å². The number of aromatic nitrogens is 2. The SMILES string of the molecule is O=S(O)CCCCS(=O)(=O)Nc1nc2ccccc2nc1Cl. The number of unbranched alkanes of at least 4 members (excludes halogenated alkanes) is 1. The van der Waals surface area contributed by atoms with Gasteiger partial charge in [0.05, 0.1) is 16.8 Å². The van der Waals surface area contributed by atoms with Gasteiger partial charge in [-0.25, -0.2) is 22.6 Å². The monoisotopic (exact) mass is 363 g/mol. The van der Waals surface area contributed by atoms with Gasteiger partial charge >= 0.3 is 0 Å². The maximum absolute atomic E-state index is 12.0. The van der Waals surface area contributed by atoms with E-state index in [1.807, 2.05) is 0 Å². The summed E-state index contributed by atoms with van der Waals surface area (Å²) in [5.74, 6) is -0.160. The van der Waals surface area contributed by atoms with Gasteiger partial charge in [-0.2, -0.15) is 0 Å². The van der Waals surface area contributed by atoms with Crippen LogP contribution in [0.4, 0.5) is 5.82 Å². The van der Waals surface area contributed by atoms with E-state index in [0.29, 0.717) is 17.5 Å². The van der Waals surface area contributed by atoms with E-state index in [1.165, 1.54) is 0 Å². The van der Waals surface area contributed by atoms with E-state index < -0.39 is 21.1 Å². The maximum Gasteiger partial charge on any atom is 0.233 e. The number of nitrogens with zero attached hydrogens (tertiary/aromatic N) is 2. The zero-order valence-corrected chi connectivity index (χ0v) is 13.8. The number of nitrogens with one attached hydrogen (secondary N) is 1. The van der Waals surface area contributed by atoms with Crippen LogP contribution >= 0.6 is 11.6 Å². The van der Waals surface area contributed by atoms with Crippen molar-refractivity contribution in [2.75, 3.05) is 16.2 Å². The number of fused-ring (bicyclic) bond motifs is 1. The highest BCUT2D eigenvalue weighted by Gasteiger charge is 2.15. The minimum atomic E-state index is -3.64. The molecule has 0 saturated heterocycles. The summed E-state index contributed by atoms with van der Waals surface area (Å²) >= 11 is 4.03. The number of halogens is 1. The molecule has 1 atom stereocenters. The topological polar surface area (TPSA) is 109 Å². The molecule has 0 radical (unpaired) electrons. The van der Waals surface area contributed by atoms with Gasteiger partial charge in [0.25, 0.3) is 0 Å². The number of para-hydroxylation sites is 2. The summed E-state index contributed by atoms with van der Waals surface area (Å²) in [7, 11) is -3.64. The Kier molecular flexibility index (Phi) is 5.68. The lowest BCUT2D eigenvalue weighted by Gasteiger charge is -2.09. The van der Waals surface area contributed by atoms with Crippen LogP contribution in [0.1, 0.15) is 12.8 Å². The zero-order chi connectivity index (χ0) is 16.2. The summed E-state index contributed by atoms with van der Waals surface area (Å²) in [6, 6.07) is 6.97. The lowest BCUT2D eigenvalue weighted by Crippen LogP contribution is -2.18. The Morgan fingerprint density at radius 2 is 1.82 bits per heavy atom. The summed E-state index contributed by atoms with van der Waals surface area (Å²) in [6.07, 6.45) is 0.599. The number of hydrogen-bond acceptors (Lipinski definition) is 5. The lowest BCUT2D eigenvalue weighted by atomic mass is 10.3. The molecular formula is C12H14ClN3O4S2. The van der Waals surface area contributed by atoms with Gasteiger partial charge in [0.15, 0.2) is 22.1 Å². The first-order valence-electron chi connectivity index (χ1n) is 6.37. The third kappa shape index (κ3) is 4.87. The van der Waals surface area contributed by atoms with Crippen LogP contribution in [0.25, 0.3) is 11.0 Å². The van der Waals surface area contributed by atoms with Crippen molar-refractivity contribution >= 4 is 49.6 Å². The highest BCUT2D eigenvalue weighted by molar-refractivity contribution is 7.92. The fourth-order valence-electron chi connectivity index (χ4n) is 1.76. The lowest BCUT2D eigenvalue weighted by molar-refractivity contribution is 0.560. The average molecular weight is 364 g/mol. The highest BCUT2D eigenvalue weighted by Crippen LogP contribution is 2.22. The van der Waals surface area contributed by atoms with Crippen molar-refractivity contribution in [2.45, 2.75) is 12.8 Å². The smallest absolute Gasteiger partial charge is 0.233 e. The largest absolute Gasteiger partial charge is 0.306 e. The minimum absolute atomic E-state index is 0.0221. The number of anilines is 1. The second-order valence-corrected chi connectivity index (χ2v) is 7.76. The quantitative estimate of drug-likeness (QED) is 0.575. The molecule has 22 heavy (non-hydrogen) atoms. The Morgan fingerprint density at radius 3 is 2.45 bits per heavy atom. The molecule has 0 aliphatic rings. The third-order valence-electron chi connectivity index (χ3n) is 2.76. The molecule has 1 unspecified atom stereocenters. The molecule has 1 aromatic heterocycles. The molecule has 10 heteroatoms. The van der Waals surface area contributed by atoms with Crippen LogP contribution in [-0.2, 0) is 21.1 Å². The molecule has 0 saturated carbocycles. The normalized spacial score (nSPS) is 13.2. The molecule has 1 heterocycles. The fraction of sp³-hybridized carbons (Fsp3) is 0.333. The first-order valence-corrected chi connectivity index (χ1v) is 9.68. The fourth-order valence-corrected chi connectivity index (χ4v) is 3.57. The van der Waals surface area contributed by atoms with Crippen LogP contribution < -0.4 is 4.72 Å². The van der Waals surface area contributed by atoms with E-state index in [9.17, 15) is 12.6 Å². The van der Waals surface area contributed by atoms with Gasteiger partial charge in [-0.15, -0.1) is 0 Å². The zero-order valence-electron chi connectivity index (χ0n) is 11.4. The first-order chi connectivity index (χ1) is 10.4. The van der Waals surface area contributed by atoms with Gasteiger partial charge in [-0.05, 0) is 25.0 Å². The highest BCUT2D eigenvalue weighted by atomic mass is 35.5. The van der Waals surface area contributed by atoms with Gasteiger partial charge in [0.1, 0.15) is 0 Å². The van der Waals surface area contributed by atoms with E-state index >= 15 is 0 Å². The molecule has 2 rings (SSSR count). The minimum Gasteiger partial charge on any atom is -0.306 e. The van der Waals surface area contributed by atoms with Crippen LogP contribution in [0.5, 0.6) is 0 Å². The predicted molar refractivity (Wildman–Crippen MR) is 86.8 cm³/mol. The van der Waals surface area contributed by atoms with Crippen molar-refractivity contribution in [3.8, 4) is 0 Å². The summed E-state index contributed by atoms with van der Waals surface area (Å²) in [5, 5.41) is -0.0289. The van der Waals surface area contributed by atoms with E-state index in [1.54, 1.807) is 24.3 Å². The summed E-state index contributed by atoms with van der Waals surface area (Å²) in [6.45, 7) is 0. The molecule has 0 aliphatic carbocycles. The van der Waals surface area contributed by atoms with Crippen LogP contribution in [0.15, 0.2) is 24.3 Å². The number of sulfonamides is 1. The molecular weight excluding hydrogens is 350 g/mol. The molecule has 7 nitrogen and oxygen atoms in total. The van der Waals surface area contributed by atoms with E-state index in [2.05, 4.69) is 14.7 Å². The maximum atomic E-state index is 12.0. The van der Waals surface area contributed by atoms with Gasteiger partial charge in [0.2, 0.25) is 10.0 Å². The molecule has 0 bridgehead atoms. The Morgan fingerprint density at radius 1 is 1.18 bits per heavy atom. The number of rotatable bonds is 7. The molecule has 0 spiro atoms. The Bertz CT molecular complexity index is 798. The van der Waals surface area contributed by atoms with Gasteiger partial charge in [-0.1, -0.05) is 23.7 Å². The van der Waals surface area contributed by atoms with Crippen molar-refractivity contribution in [1.29, 1.82) is 0 Å². The standard InChI is InChI=1S/C12H14ClN3O4S2/c13-11-12(15-10-6-2-1-5-9(10)14-11)16-22(19,20)8-4-3-7-21(17)18/h1-2,5-6H,3-4,7-8H2,(H,15,16)(H,17,18). The van der Waals surface area contributed by atoms with Crippen molar-refractivity contribution in [2.24, 2.45) is 0 Å². The molecule has 0 aliphatic heterocycles. The first kappa shape index (κ1) is 17.1. The molecule has 1 aromatic carbocycles. The van der Waals surface area contributed by atoms with E-state index in [4.69, 9.17) is 16.2 Å². The second kappa shape index (κ2) is 7.32. The molecule has 2 aromatic rings. The second-order valence-electron chi connectivity index (χ2n) is 4.51. The molecule has 120 valence electrons. The van der Waals surface area contributed by atoms with Crippen LogP contribution in [0.3, 0.4) is 0 Å². The van der Waals surface area contributed by atoms with Gasteiger partial charge in [-0.3, -0.25) is 4.72 Å². The van der Waals surface area contributed by atoms with E-state index in [0.717, 1.165) is 0 Å². The van der Waals surface area contributed by atoms with Crippen molar-refractivity contribution in [1.82, 2.24) is 9.97 Å². The van der Waals surface area contributed by atoms with E-state index in [-0.39, 0.29) is 28.9 Å². The van der Waals surface area contributed by atoms with Crippen molar-refractivity contribution < 1.29 is 17.2 Å². The van der Waals surface area contributed by atoms with Crippen LogP contribution in [0, 0.1) is 0 Å². The predicted octanol–water partition coefficient (Wildman–Crippen LogP) is 2.03. The Hall–Kier alpha value is -1.29. The van der Waals surface area contributed by atoms with Gasteiger partial charge < -0.3 is 4.55 Å². The Labute approximate surface area is 135 Å². The van der Waals surface area contributed by atoms with Crippen molar-refractivity contribution in [3.63, 3.8) is 0 Å². The van der Waals surface area contributed by atoms with Crippen LogP contribution in [0.2, 0.25) is 5.15 Å². The summed E-state index contributed by atoms with van der Waals surface area (Å²) in [5.41, 5.74) is 1.10. The van der Waals surface area contributed by atoms with Crippen molar-refractivity contribution in [3.05, 3.63) is 29.4 Å². The number of benzene rings is 1.